The lowest BCUT2D eigenvalue weighted by atomic mass is 10.2. The van der Waals surface area contributed by atoms with Crippen molar-refractivity contribution >= 4 is 27.7 Å². The number of anilines is 1. The highest BCUT2D eigenvalue weighted by Crippen LogP contribution is 2.31. The minimum atomic E-state index is -3.67. The van der Waals surface area contributed by atoms with E-state index in [1.165, 1.54) is 41.6 Å². The van der Waals surface area contributed by atoms with E-state index in [1.54, 1.807) is 0 Å². The van der Waals surface area contributed by atoms with Crippen LogP contribution in [0.25, 0.3) is 0 Å². The predicted octanol–water partition coefficient (Wildman–Crippen LogP) is 2.43. The highest BCUT2D eigenvalue weighted by Gasteiger charge is 2.35. The molecule has 30 heavy (non-hydrogen) atoms. The van der Waals surface area contributed by atoms with E-state index in [0.717, 1.165) is 25.7 Å². The highest BCUT2D eigenvalue weighted by atomic mass is 32.2. The molecule has 2 saturated heterocycles. The van der Waals surface area contributed by atoms with Gasteiger partial charge in [0.1, 0.15) is 11.8 Å². The van der Waals surface area contributed by atoms with Crippen molar-refractivity contribution < 1.29 is 27.5 Å². The second-order valence-electron chi connectivity index (χ2n) is 7.49. The van der Waals surface area contributed by atoms with Gasteiger partial charge in [-0.25, -0.2) is 13.2 Å². The normalized spacial score (nSPS) is 20.5. The van der Waals surface area contributed by atoms with E-state index < -0.39 is 28.1 Å². The molecule has 0 aromatic heterocycles. The summed E-state index contributed by atoms with van der Waals surface area (Å²) in [4.78, 5) is 26.2. The molecule has 0 saturated carbocycles. The van der Waals surface area contributed by atoms with E-state index in [1.807, 2.05) is 0 Å². The summed E-state index contributed by atoms with van der Waals surface area (Å²) in [6.45, 7) is 1.42. The number of carbonyl (C=O) groups is 2. The summed E-state index contributed by atoms with van der Waals surface area (Å²) in [7, 11) is -0.952. The SMILES string of the molecule is COC(=O)N1CCCC1C(=O)Nc1cc(S(=O)(=O)N2CCCCCC2)ccc1OC. The fourth-order valence-corrected chi connectivity index (χ4v) is 5.51. The zero-order chi connectivity index (χ0) is 21.7. The third-order valence-corrected chi connectivity index (χ3v) is 7.49. The summed E-state index contributed by atoms with van der Waals surface area (Å²) >= 11 is 0. The lowest BCUT2D eigenvalue weighted by Crippen LogP contribution is -2.43. The molecule has 2 heterocycles. The first-order valence-electron chi connectivity index (χ1n) is 10.2. The molecule has 1 aromatic rings. The Labute approximate surface area is 177 Å². The third kappa shape index (κ3) is 4.70. The number of hydrogen-bond donors (Lipinski definition) is 1. The molecule has 10 heteroatoms. The van der Waals surface area contributed by atoms with E-state index in [2.05, 4.69) is 5.32 Å². The average Bonchev–Trinajstić information content (AvgIpc) is 3.07. The van der Waals surface area contributed by atoms with Gasteiger partial charge in [0.2, 0.25) is 15.9 Å². The molecule has 0 aliphatic carbocycles. The van der Waals surface area contributed by atoms with Crippen LogP contribution in [0.5, 0.6) is 5.75 Å². The van der Waals surface area contributed by atoms with Crippen LogP contribution in [0.2, 0.25) is 0 Å². The topological polar surface area (TPSA) is 105 Å². The van der Waals surface area contributed by atoms with Crippen molar-refractivity contribution in [2.45, 2.75) is 49.5 Å². The van der Waals surface area contributed by atoms with Crippen molar-refractivity contribution in [2.75, 3.05) is 39.2 Å². The Kier molecular flexibility index (Phi) is 7.19. The van der Waals surface area contributed by atoms with Gasteiger partial charge < -0.3 is 14.8 Å². The van der Waals surface area contributed by atoms with Crippen LogP contribution in [0.4, 0.5) is 10.5 Å². The van der Waals surface area contributed by atoms with Crippen molar-refractivity contribution in [3.05, 3.63) is 18.2 Å². The Balaban J connectivity index is 1.84. The standard InChI is InChI=1S/C20H29N3O6S/c1-28-18-10-9-15(30(26,27)22-11-5-3-4-6-12-22)14-16(18)21-19(24)17-8-7-13-23(17)20(25)29-2/h9-10,14,17H,3-8,11-13H2,1-2H3,(H,21,24). The monoisotopic (exact) mass is 439 g/mol. The van der Waals surface area contributed by atoms with Crippen molar-refractivity contribution in [1.29, 1.82) is 0 Å². The van der Waals surface area contributed by atoms with Gasteiger partial charge in [-0.05, 0) is 43.9 Å². The Bertz CT molecular complexity index is 881. The van der Waals surface area contributed by atoms with Crippen LogP contribution in [0.3, 0.4) is 0 Å². The number of nitrogens with zero attached hydrogens (tertiary/aromatic N) is 2. The van der Waals surface area contributed by atoms with Gasteiger partial charge in [0.05, 0.1) is 24.8 Å². The Hall–Kier alpha value is -2.33. The molecule has 1 N–H and O–H groups in total. The maximum absolute atomic E-state index is 13.1. The van der Waals surface area contributed by atoms with Crippen molar-refractivity contribution in [3.63, 3.8) is 0 Å². The van der Waals surface area contributed by atoms with Crippen LogP contribution < -0.4 is 10.1 Å². The van der Waals surface area contributed by atoms with Gasteiger partial charge in [-0.15, -0.1) is 0 Å². The lowest BCUT2D eigenvalue weighted by molar-refractivity contribution is -0.120. The first-order chi connectivity index (χ1) is 14.4. The largest absolute Gasteiger partial charge is 0.495 e. The van der Waals surface area contributed by atoms with Crippen molar-refractivity contribution in [3.8, 4) is 5.75 Å². The Morgan fingerprint density at radius 1 is 1.03 bits per heavy atom. The molecule has 9 nitrogen and oxygen atoms in total. The molecular weight excluding hydrogens is 410 g/mol. The van der Waals surface area contributed by atoms with E-state index in [-0.39, 0.29) is 10.6 Å². The molecule has 2 amide bonds. The number of ether oxygens (including phenoxy) is 2. The van der Waals surface area contributed by atoms with Crippen LogP contribution in [-0.4, -0.2) is 69.5 Å². The molecule has 2 aliphatic rings. The maximum Gasteiger partial charge on any atom is 0.410 e. The average molecular weight is 440 g/mol. The number of nitrogens with one attached hydrogen (secondary N) is 1. The molecular formula is C20H29N3O6S. The lowest BCUT2D eigenvalue weighted by Gasteiger charge is -2.23. The second kappa shape index (κ2) is 9.65. The molecule has 0 radical (unpaired) electrons. The number of methoxy groups -OCH3 is 2. The minimum absolute atomic E-state index is 0.108. The summed E-state index contributed by atoms with van der Waals surface area (Å²) in [5.74, 6) is -0.0544. The van der Waals surface area contributed by atoms with Gasteiger partial charge in [0.25, 0.3) is 0 Å². The Morgan fingerprint density at radius 3 is 2.37 bits per heavy atom. The number of hydrogen-bond acceptors (Lipinski definition) is 6. The fraction of sp³-hybridized carbons (Fsp3) is 0.600. The number of likely N-dealkylation sites (tertiary alicyclic amines) is 1. The zero-order valence-corrected chi connectivity index (χ0v) is 18.2. The van der Waals surface area contributed by atoms with Crippen molar-refractivity contribution in [2.24, 2.45) is 0 Å². The van der Waals surface area contributed by atoms with Gasteiger partial charge in [0, 0.05) is 19.6 Å². The van der Waals surface area contributed by atoms with Gasteiger partial charge in [-0.1, -0.05) is 12.8 Å². The molecule has 166 valence electrons. The molecule has 1 unspecified atom stereocenters. The highest BCUT2D eigenvalue weighted by molar-refractivity contribution is 7.89. The van der Waals surface area contributed by atoms with Crippen molar-refractivity contribution in [1.82, 2.24) is 9.21 Å². The quantitative estimate of drug-likeness (QED) is 0.755. The summed E-state index contributed by atoms with van der Waals surface area (Å²) in [5, 5.41) is 2.74. The smallest absolute Gasteiger partial charge is 0.410 e. The van der Waals surface area contributed by atoms with Crippen LogP contribution in [0.1, 0.15) is 38.5 Å². The molecule has 2 fully saturated rings. The summed E-state index contributed by atoms with van der Waals surface area (Å²) in [6, 6.07) is 3.78. The van der Waals surface area contributed by atoms with E-state index >= 15 is 0 Å². The number of rotatable bonds is 5. The number of carbonyl (C=O) groups excluding carboxylic acids is 2. The summed E-state index contributed by atoms with van der Waals surface area (Å²) < 4.78 is 37.8. The predicted molar refractivity (Wildman–Crippen MR) is 111 cm³/mol. The number of amides is 2. The van der Waals surface area contributed by atoms with Gasteiger partial charge in [-0.3, -0.25) is 9.69 Å². The second-order valence-corrected chi connectivity index (χ2v) is 9.43. The first-order valence-corrected chi connectivity index (χ1v) is 11.7. The van der Waals surface area contributed by atoms with Gasteiger partial charge >= 0.3 is 6.09 Å². The molecule has 3 rings (SSSR count). The molecule has 2 aliphatic heterocycles. The van der Waals surface area contributed by atoms with Gasteiger partial charge in [-0.2, -0.15) is 4.31 Å². The first kappa shape index (κ1) is 22.4. The zero-order valence-electron chi connectivity index (χ0n) is 17.4. The maximum atomic E-state index is 13.1. The third-order valence-electron chi connectivity index (χ3n) is 5.60. The van der Waals surface area contributed by atoms with E-state index in [4.69, 9.17) is 9.47 Å². The van der Waals surface area contributed by atoms with Crippen LogP contribution >= 0.6 is 0 Å². The minimum Gasteiger partial charge on any atom is -0.495 e. The Morgan fingerprint density at radius 2 is 1.73 bits per heavy atom. The van der Waals surface area contributed by atoms with Crippen LogP contribution in [-0.2, 0) is 19.6 Å². The van der Waals surface area contributed by atoms with Crippen LogP contribution in [0, 0.1) is 0 Å². The van der Waals surface area contributed by atoms with Gasteiger partial charge in [0.15, 0.2) is 0 Å². The number of sulfonamides is 1. The number of benzene rings is 1. The molecule has 0 bridgehead atoms. The molecule has 0 spiro atoms. The van der Waals surface area contributed by atoms with Crippen LogP contribution in [0.15, 0.2) is 23.1 Å². The van der Waals surface area contributed by atoms with E-state index in [9.17, 15) is 18.0 Å². The summed E-state index contributed by atoms with van der Waals surface area (Å²) in [6.07, 6.45) is 4.36. The summed E-state index contributed by atoms with van der Waals surface area (Å²) in [5.41, 5.74) is 0.259. The fourth-order valence-electron chi connectivity index (χ4n) is 3.97. The molecule has 1 aromatic carbocycles. The molecule has 1 atom stereocenters. The van der Waals surface area contributed by atoms with E-state index in [0.29, 0.717) is 38.2 Å².